The molecule has 3 atom stereocenters. The summed E-state index contributed by atoms with van der Waals surface area (Å²) in [6, 6.07) is 0. The molecular formula is C8H10O3. The number of aliphatic carboxylic acids is 1. The highest BCUT2D eigenvalue weighted by Crippen LogP contribution is 2.46. The van der Waals surface area contributed by atoms with E-state index >= 15 is 0 Å². The second-order valence-electron chi connectivity index (χ2n) is 3.42. The molecule has 2 N–H and O–H groups in total. The van der Waals surface area contributed by atoms with Gasteiger partial charge in [-0.1, -0.05) is 12.2 Å². The van der Waals surface area contributed by atoms with E-state index in [0.29, 0.717) is 12.3 Å². The number of carbonyl (C=O) groups is 1. The zero-order valence-electron chi connectivity index (χ0n) is 6.03. The molecule has 0 radical (unpaired) electrons. The van der Waals surface area contributed by atoms with Crippen molar-refractivity contribution in [3.63, 3.8) is 0 Å². The van der Waals surface area contributed by atoms with Crippen LogP contribution >= 0.6 is 0 Å². The molecule has 0 heterocycles. The van der Waals surface area contributed by atoms with E-state index in [4.69, 9.17) is 5.11 Å². The maximum Gasteiger partial charge on any atom is 0.336 e. The number of carboxylic acids is 1. The summed E-state index contributed by atoms with van der Waals surface area (Å²) in [6.07, 6.45) is 5.02. The number of carboxylic acid groups (broad SMARTS) is 1. The maximum atomic E-state index is 10.6. The van der Waals surface area contributed by atoms with Gasteiger partial charge in [-0.25, -0.2) is 4.79 Å². The summed E-state index contributed by atoms with van der Waals surface area (Å²) in [6.45, 7) is 0. The first kappa shape index (κ1) is 6.85. The van der Waals surface area contributed by atoms with Crippen LogP contribution in [0.4, 0.5) is 0 Å². The van der Waals surface area contributed by atoms with Crippen molar-refractivity contribution in [2.24, 2.45) is 11.8 Å². The van der Waals surface area contributed by atoms with Crippen LogP contribution in [0, 0.1) is 11.8 Å². The Labute approximate surface area is 64.3 Å². The molecule has 0 spiro atoms. The van der Waals surface area contributed by atoms with Crippen LogP contribution in [0.25, 0.3) is 0 Å². The van der Waals surface area contributed by atoms with Gasteiger partial charge in [0.05, 0.1) is 0 Å². The monoisotopic (exact) mass is 154 g/mol. The van der Waals surface area contributed by atoms with Gasteiger partial charge in [-0.15, -0.1) is 0 Å². The summed E-state index contributed by atoms with van der Waals surface area (Å²) in [5.74, 6) is -0.930. The van der Waals surface area contributed by atoms with Gasteiger partial charge in [0.2, 0.25) is 0 Å². The van der Waals surface area contributed by atoms with E-state index in [1.165, 1.54) is 0 Å². The molecule has 0 aromatic rings. The number of fused-ring (bicyclic) bond motifs is 2. The van der Waals surface area contributed by atoms with Gasteiger partial charge in [-0.3, -0.25) is 0 Å². The van der Waals surface area contributed by atoms with Crippen LogP contribution in [-0.4, -0.2) is 21.8 Å². The highest BCUT2D eigenvalue weighted by atomic mass is 16.4. The van der Waals surface area contributed by atoms with Gasteiger partial charge < -0.3 is 10.2 Å². The van der Waals surface area contributed by atoms with E-state index in [1.54, 1.807) is 0 Å². The average molecular weight is 154 g/mol. The fourth-order valence-electron chi connectivity index (χ4n) is 2.08. The summed E-state index contributed by atoms with van der Waals surface area (Å²) in [4.78, 5) is 10.6. The van der Waals surface area contributed by atoms with E-state index in [-0.39, 0.29) is 5.92 Å². The van der Waals surface area contributed by atoms with Crippen LogP contribution in [0.5, 0.6) is 0 Å². The molecule has 0 aliphatic heterocycles. The Hall–Kier alpha value is -0.830. The summed E-state index contributed by atoms with van der Waals surface area (Å²) >= 11 is 0. The third-order valence-electron chi connectivity index (χ3n) is 2.73. The summed E-state index contributed by atoms with van der Waals surface area (Å²) in [5.41, 5.74) is -1.46. The van der Waals surface area contributed by atoms with Crippen LogP contribution < -0.4 is 0 Å². The standard InChI is InChI=1S/C8H10O3/c9-7(10)8(11)4-5-1-2-6(8)3-5/h1-2,5-6,11H,3-4H2,(H,9,10)/t5-,6+,8+/m1/s1. The summed E-state index contributed by atoms with van der Waals surface area (Å²) in [5, 5.41) is 18.3. The maximum absolute atomic E-state index is 10.6. The highest BCUT2D eigenvalue weighted by molar-refractivity contribution is 5.79. The van der Waals surface area contributed by atoms with Crippen LogP contribution in [0.1, 0.15) is 12.8 Å². The van der Waals surface area contributed by atoms with E-state index in [1.807, 2.05) is 12.2 Å². The Morgan fingerprint density at radius 3 is 2.55 bits per heavy atom. The normalized spacial score (nSPS) is 46.6. The molecule has 2 aliphatic rings. The fourth-order valence-corrected chi connectivity index (χ4v) is 2.08. The molecule has 2 rings (SSSR count). The molecule has 2 bridgehead atoms. The van der Waals surface area contributed by atoms with Crippen molar-refractivity contribution in [1.82, 2.24) is 0 Å². The second-order valence-corrected chi connectivity index (χ2v) is 3.42. The third-order valence-corrected chi connectivity index (χ3v) is 2.73. The Balaban J connectivity index is 2.30. The number of hydrogen-bond acceptors (Lipinski definition) is 2. The minimum absolute atomic E-state index is 0.148. The van der Waals surface area contributed by atoms with Gasteiger partial charge in [0.1, 0.15) is 0 Å². The Morgan fingerprint density at radius 1 is 1.55 bits per heavy atom. The molecular weight excluding hydrogens is 144 g/mol. The predicted octanol–water partition coefficient (Wildman–Crippen LogP) is 0.398. The average Bonchev–Trinajstić information content (AvgIpc) is 2.45. The molecule has 0 amide bonds. The lowest BCUT2D eigenvalue weighted by molar-refractivity contribution is -0.161. The minimum atomic E-state index is -1.46. The van der Waals surface area contributed by atoms with Gasteiger partial charge >= 0.3 is 5.97 Å². The first-order valence-corrected chi connectivity index (χ1v) is 3.77. The van der Waals surface area contributed by atoms with Crippen molar-refractivity contribution in [3.8, 4) is 0 Å². The SMILES string of the molecule is O=C(O)[C@]1(O)C[C@@H]2C=C[C@H]1C2. The van der Waals surface area contributed by atoms with Crippen molar-refractivity contribution in [2.75, 3.05) is 0 Å². The zero-order valence-corrected chi connectivity index (χ0v) is 6.03. The van der Waals surface area contributed by atoms with Gasteiger partial charge in [-0.05, 0) is 18.8 Å². The molecule has 2 aliphatic carbocycles. The molecule has 0 saturated heterocycles. The molecule has 11 heavy (non-hydrogen) atoms. The summed E-state index contributed by atoms with van der Waals surface area (Å²) in [7, 11) is 0. The largest absolute Gasteiger partial charge is 0.479 e. The van der Waals surface area contributed by atoms with Gasteiger partial charge in [-0.2, -0.15) is 0 Å². The number of allylic oxidation sites excluding steroid dienone is 1. The van der Waals surface area contributed by atoms with Gasteiger partial charge in [0.25, 0.3) is 0 Å². The minimum Gasteiger partial charge on any atom is -0.479 e. The molecule has 3 nitrogen and oxygen atoms in total. The third kappa shape index (κ3) is 0.744. The first-order chi connectivity index (χ1) is 5.13. The Morgan fingerprint density at radius 2 is 2.27 bits per heavy atom. The lowest BCUT2D eigenvalue weighted by atomic mass is 9.89. The fraction of sp³-hybridized carbons (Fsp3) is 0.625. The van der Waals surface area contributed by atoms with E-state index in [0.717, 1.165) is 6.42 Å². The molecule has 0 aromatic heterocycles. The second kappa shape index (κ2) is 1.85. The Kier molecular flexibility index (Phi) is 1.16. The lowest BCUT2D eigenvalue weighted by Crippen LogP contribution is -2.42. The van der Waals surface area contributed by atoms with Crippen LogP contribution in [0.15, 0.2) is 12.2 Å². The van der Waals surface area contributed by atoms with E-state index in [2.05, 4.69) is 0 Å². The topological polar surface area (TPSA) is 57.5 Å². The quantitative estimate of drug-likeness (QED) is 0.537. The van der Waals surface area contributed by atoms with Crippen molar-refractivity contribution in [2.45, 2.75) is 18.4 Å². The van der Waals surface area contributed by atoms with Crippen molar-refractivity contribution in [1.29, 1.82) is 0 Å². The van der Waals surface area contributed by atoms with Gasteiger partial charge in [0.15, 0.2) is 5.60 Å². The molecule has 0 aromatic carbocycles. The molecule has 1 fully saturated rings. The van der Waals surface area contributed by atoms with Crippen LogP contribution in [0.3, 0.4) is 0 Å². The predicted molar refractivity (Wildman–Crippen MR) is 37.9 cm³/mol. The van der Waals surface area contributed by atoms with Gasteiger partial charge in [0, 0.05) is 5.92 Å². The zero-order chi connectivity index (χ0) is 8.06. The van der Waals surface area contributed by atoms with Crippen molar-refractivity contribution >= 4 is 5.97 Å². The van der Waals surface area contributed by atoms with Crippen molar-refractivity contribution in [3.05, 3.63) is 12.2 Å². The molecule has 1 saturated carbocycles. The first-order valence-electron chi connectivity index (χ1n) is 3.77. The number of rotatable bonds is 1. The number of hydrogen-bond donors (Lipinski definition) is 2. The van der Waals surface area contributed by atoms with Crippen molar-refractivity contribution < 1.29 is 15.0 Å². The molecule has 60 valence electrons. The highest BCUT2D eigenvalue weighted by Gasteiger charge is 2.52. The number of aliphatic hydroxyl groups is 1. The van der Waals surface area contributed by atoms with Crippen LogP contribution in [0.2, 0.25) is 0 Å². The van der Waals surface area contributed by atoms with E-state index in [9.17, 15) is 9.90 Å². The lowest BCUT2D eigenvalue weighted by Gasteiger charge is -2.24. The molecule has 3 heteroatoms. The Bertz CT molecular complexity index is 233. The summed E-state index contributed by atoms with van der Waals surface area (Å²) < 4.78 is 0. The van der Waals surface area contributed by atoms with E-state index < -0.39 is 11.6 Å². The molecule has 0 unspecified atom stereocenters. The van der Waals surface area contributed by atoms with Crippen LogP contribution in [-0.2, 0) is 4.79 Å². The smallest absolute Gasteiger partial charge is 0.336 e.